The van der Waals surface area contributed by atoms with Gasteiger partial charge in [-0.1, -0.05) is 6.92 Å². The minimum absolute atomic E-state index is 0.148. The SMILES string of the molecule is [3H]n1ccc(OCc2c(CC)coc2-n2nnn(C)c2=O)n1. The highest BCUT2D eigenvalue weighted by Gasteiger charge is 2.19. The predicted octanol–water partition coefficient (Wildman–Crippen LogP) is 0.423. The zero-order chi connectivity index (χ0) is 15.7. The van der Waals surface area contributed by atoms with Crippen molar-refractivity contribution in [3.63, 3.8) is 0 Å². The maximum absolute atomic E-state index is 12.0. The Morgan fingerprint density at radius 2 is 2.38 bits per heavy atom. The molecule has 0 amide bonds. The molecule has 110 valence electrons. The number of hydrogen-bond acceptors (Lipinski definition) is 6. The Morgan fingerprint density at radius 1 is 1.52 bits per heavy atom. The average Bonchev–Trinajstić information content (AvgIpc) is 3.18. The summed E-state index contributed by atoms with van der Waals surface area (Å²) in [5, 5.41) is 12.2. The number of aryl methyl sites for hydroxylation is 2. The Morgan fingerprint density at radius 3 is 3.00 bits per heavy atom. The first-order valence-corrected chi connectivity index (χ1v) is 6.36. The van der Waals surface area contributed by atoms with Gasteiger partial charge in [-0.2, -0.15) is 4.68 Å². The van der Waals surface area contributed by atoms with Crippen molar-refractivity contribution in [2.75, 3.05) is 0 Å². The molecule has 0 spiro atoms. The third-order valence-electron chi connectivity index (χ3n) is 3.06. The third-order valence-corrected chi connectivity index (χ3v) is 3.06. The standard InChI is InChI=1S/C12H14N6O3/c1-3-8-6-21-11(18-12(19)17(2)15-16-18)9(8)7-20-10-4-5-13-14-10/h4-6H,3,7H2,1-2H3,(H,13,14)/i/hT. The van der Waals surface area contributed by atoms with Gasteiger partial charge in [-0.05, 0) is 22.4 Å². The lowest BCUT2D eigenvalue weighted by atomic mass is 10.1. The lowest BCUT2D eigenvalue weighted by Gasteiger charge is -2.04. The van der Waals surface area contributed by atoms with E-state index in [1.54, 1.807) is 12.3 Å². The van der Waals surface area contributed by atoms with Gasteiger partial charge < -0.3 is 9.15 Å². The molecule has 0 aliphatic carbocycles. The predicted molar refractivity (Wildman–Crippen MR) is 71.2 cm³/mol. The maximum atomic E-state index is 12.0. The topological polar surface area (TPSA) is 104 Å². The van der Waals surface area contributed by atoms with Crippen LogP contribution in [0.5, 0.6) is 5.88 Å². The highest BCUT2D eigenvalue weighted by Crippen LogP contribution is 2.22. The van der Waals surface area contributed by atoms with Gasteiger partial charge in [0, 0.05) is 19.3 Å². The van der Waals surface area contributed by atoms with Gasteiger partial charge in [-0.3, -0.25) is 5.09 Å². The van der Waals surface area contributed by atoms with Crippen LogP contribution in [0.4, 0.5) is 0 Å². The largest absolute Gasteiger partial charge is 0.472 e. The van der Waals surface area contributed by atoms with Crippen LogP contribution in [0.15, 0.2) is 27.7 Å². The number of tetrazole rings is 1. The second-order valence-electron chi connectivity index (χ2n) is 4.35. The number of rotatable bonds is 5. The van der Waals surface area contributed by atoms with Gasteiger partial charge in [-0.15, -0.1) is 9.78 Å². The number of ether oxygens (including phenoxy) is 1. The van der Waals surface area contributed by atoms with Crippen LogP contribution in [0, 0.1) is 0 Å². The van der Waals surface area contributed by atoms with Crippen molar-refractivity contribution in [3.8, 4) is 11.8 Å². The van der Waals surface area contributed by atoms with E-state index in [-0.39, 0.29) is 12.5 Å². The zero-order valence-corrected chi connectivity index (χ0v) is 11.6. The van der Waals surface area contributed by atoms with Crippen LogP contribution in [-0.2, 0) is 20.1 Å². The van der Waals surface area contributed by atoms with E-state index in [4.69, 9.17) is 10.6 Å². The van der Waals surface area contributed by atoms with Crippen molar-refractivity contribution < 1.29 is 10.6 Å². The van der Waals surface area contributed by atoms with E-state index in [2.05, 4.69) is 15.5 Å². The molecule has 3 heterocycles. The monoisotopic (exact) mass is 292 g/mol. The normalized spacial score (nSPS) is 11.6. The summed E-state index contributed by atoms with van der Waals surface area (Å²) in [5.74, 6) is 0.593. The van der Waals surface area contributed by atoms with Crippen LogP contribution in [0.3, 0.4) is 0 Å². The molecule has 0 atom stereocenters. The number of hydrogen-bond donors (Lipinski definition) is 1. The fourth-order valence-corrected chi connectivity index (χ4v) is 1.92. The summed E-state index contributed by atoms with van der Waals surface area (Å²) in [4.78, 5) is 12.0. The highest BCUT2D eigenvalue weighted by molar-refractivity contribution is 5.37. The van der Waals surface area contributed by atoms with Gasteiger partial charge in [0.25, 0.3) is 0 Å². The number of nitrogens with zero attached hydrogens (tertiary/aromatic N) is 5. The number of aromatic amines is 1. The van der Waals surface area contributed by atoms with Crippen LogP contribution in [0.1, 0.15) is 18.1 Å². The molecule has 9 nitrogen and oxygen atoms in total. The molecule has 9 heteroatoms. The Hall–Kier alpha value is -2.84. The molecule has 0 aliphatic heterocycles. The maximum Gasteiger partial charge on any atom is 0.370 e. The Balaban J connectivity index is 1.93. The van der Waals surface area contributed by atoms with Crippen LogP contribution < -0.4 is 10.4 Å². The molecule has 0 radical (unpaired) electrons. The Bertz CT molecular complexity index is 845. The number of aromatic nitrogens is 6. The van der Waals surface area contributed by atoms with Crippen molar-refractivity contribution in [2.45, 2.75) is 20.0 Å². The van der Waals surface area contributed by atoms with Crippen LogP contribution >= 0.6 is 0 Å². The van der Waals surface area contributed by atoms with Crippen LogP contribution in [-0.4, -0.2) is 30.0 Å². The van der Waals surface area contributed by atoms with E-state index in [1.165, 1.54) is 13.2 Å². The van der Waals surface area contributed by atoms with E-state index in [0.29, 0.717) is 17.9 Å². The quantitative estimate of drug-likeness (QED) is 0.731. The molecular formula is C12H14N6O3. The highest BCUT2D eigenvalue weighted by atomic mass is 16.5. The Labute approximate surface area is 120 Å². The molecule has 0 saturated carbocycles. The van der Waals surface area contributed by atoms with Gasteiger partial charge in [0.1, 0.15) is 6.61 Å². The molecular weight excluding hydrogens is 276 g/mol. The Kier molecular flexibility index (Phi) is 3.00. The van der Waals surface area contributed by atoms with Crippen LogP contribution in [0.25, 0.3) is 5.88 Å². The number of furan rings is 1. The van der Waals surface area contributed by atoms with Gasteiger partial charge in [0.15, 0.2) is 1.41 Å². The lowest BCUT2D eigenvalue weighted by molar-refractivity contribution is 0.290. The van der Waals surface area contributed by atoms with Crippen molar-refractivity contribution in [1.29, 1.82) is 0 Å². The fourth-order valence-electron chi connectivity index (χ4n) is 1.92. The first kappa shape index (κ1) is 11.9. The molecule has 0 unspecified atom stereocenters. The second kappa shape index (κ2) is 5.27. The minimum atomic E-state index is -0.409. The summed E-state index contributed by atoms with van der Waals surface area (Å²) in [7, 11) is 1.51. The van der Waals surface area contributed by atoms with E-state index < -0.39 is 5.69 Å². The van der Waals surface area contributed by atoms with E-state index >= 15 is 0 Å². The minimum Gasteiger partial charge on any atom is -0.472 e. The molecule has 0 aliphatic rings. The molecule has 0 fully saturated rings. The van der Waals surface area contributed by atoms with E-state index in [9.17, 15) is 4.79 Å². The molecule has 0 bridgehead atoms. The summed E-state index contributed by atoms with van der Waals surface area (Å²) in [6.45, 7) is 2.12. The van der Waals surface area contributed by atoms with Gasteiger partial charge in [0.05, 0.1) is 11.8 Å². The molecule has 1 N–H and O–H groups in total. The third kappa shape index (κ3) is 2.33. The second-order valence-corrected chi connectivity index (χ2v) is 4.35. The summed E-state index contributed by atoms with van der Waals surface area (Å²) in [6.07, 6.45) is 3.74. The molecule has 3 aromatic rings. The van der Waals surface area contributed by atoms with Crippen molar-refractivity contribution in [2.24, 2.45) is 7.05 Å². The average molecular weight is 292 g/mol. The summed E-state index contributed by atoms with van der Waals surface area (Å²) in [5.41, 5.74) is 1.19. The van der Waals surface area contributed by atoms with Crippen molar-refractivity contribution in [1.82, 2.24) is 30.0 Å². The first-order chi connectivity index (χ1) is 10.6. The fraction of sp³-hybridized carbons (Fsp3) is 0.333. The van der Waals surface area contributed by atoms with Gasteiger partial charge >= 0.3 is 5.69 Å². The molecule has 21 heavy (non-hydrogen) atoms. The first-order valence-electron chi connectivity index (χ1n) is 6.81. The zero-order valence-electron chi connectivity index (χ0n) is 12.6. The smallest absolute Gasteiger partial charge is 0.370 e. The summed E-state index contributed by atoms with van der Waals surface area (Å²) < 4.78 is 20.5. The number of nitrogens with one attached hydrogen (secondary N) is 1. The van der Waals surface area contributed by atoms with Crippen molar-refractivity contribution in [3.05, 3.63) is 40.1 Å². The summed E-state index contributed by atoms with van der Waals surface area (Å²) in [6, 6.07) is 1.58. The van der Waals surface area contributed by atoms with E-state index in [1.807, 2.05) is 6.92 Å². The van der Waals surface area contributed by atoms with Crippen LogP contribution in [0.2, 0.25) is 1.41 Å². The molecule has 3 aromatic heterocycles. The number of H-pyrrole nitrogens is 1. The van der Waals surface area contributed by atoms with Gasteiger partial charge in [-0.25, -0.2) is 4.79 Å². The molecule has 0 saturated heterocycles. The molecule has 0 aromatic carbocycles. The van der Waals surface area contributed by atoms with E-state index in [0.717, 1.165) is 20.0 Å². The van der Waals surface area contributed by atoms with Crippen molar-refractivity contribution >= 4 is 0 Å². The lowest BCUT2D eigenvalue weighted by Crippen LogP contribution is -2.22. The summed E-state index contributed by atoms with van der Waals surface area (Å²) >= 11 is 0. The molecule has 3 rings (SSSR count). The van der Waals surface area contributed by atoms with Gasteiger partial charge in [0.2, 0.25) is 11.8 Å².